The van der Waals surface area contributed by atoms with Gasteiger partial charge in [-0.25, -0.2) is 0 Å². The SMILES string of the molecule is c1ccc(-c2cc(-c3ccccc3)cc(-c3ccc4c5ccccc5n(-c5cccc6oc7ccccc7c56)c4c3)c2)cc1. The summed E-state index contributed by atoms with van der Waals surface area (Å²) in [4.78, 5) is 0. The second-order valence-electron chi connectivity index (χ2n) is 11.4. The lowest BCUT2D eigenvalue weighted by Crippen LogP contribution is -1.95. The molecule has 9 rings (SSSR count). The van der Waals surface area contributed by atoms with E-state index in [1.807, 2.05) is 12.1 Å². The normalized spacial score (nSPS) is 11.6. The van der Waals surface area contributed by atoms with Crippen molar-refractivity contribution >= 4 is 43.7 Å². The Bertz CT molecular complexity index is 2420. The lowest BCUT2D eigenvalue weighted by Gasteiger charge is -2.13. The van der Waals surface area contributed by atoms with Gasteiger partial charge in [0.1, 0.15) is 11.2 Å². The van der Waals surface area contributed by atoms with Crippen LogP contribution in [0.4, 0.5) is 0 Å². The summed E-state index contributed by atoms with van der Waals surface area (Å²) in [6.45, 7) is 0. The van der Waals surface area contributed by atoms with Gasteiger partial charge in [-0.3, -0.25) is 0 Å². The Morgan fingerprint density at radius 1 is 0.341 bits per heavy atom. The maximum Gasteiger partial charge on any atom is 0.137 e. The van der Waals surface area contributed by atoms with Crippen molar-refractivity contribution in [3.8, 4) is 39.1 Å². The Balaban J connectivity index is 1.33. The highest BCUT2D eigenvalue weighted by Gasteiger charge is 2.18. The van der Waals surface area contributed by atoms with Gasteiger partial charge in [0.25, 0.3) is 0 Å². The van der Waals surface area contributed by atoms with Gasteiger partial charge in [0.2, 0.25) is 0 Å². The topological polar surface area (TPSA) is 18.1 Å². The lowest BCUT2D eigenvalue weighted by atomic mass is 9.93. The number of benzene rings is 7. The van der Waals surface area contributed by atoms with E-state index in [9.17, 15) is 0 Å². The molecule has 0 radical (unpaired) electrons. The van der Waals surface area contributed by atoms with Gasteiger partial charge in [-0.1, -0.05) is 115 Å². The molecular weight excluding hydrogens is 534 g/mol. The number of hydrogen-bond donors (Lipinski definition) is 0. The minimum absolute atomic E-state index is 0.897. The summed E-state index contributed by atoms with van der Waals surface area (Å²) < 4.78 is 8.72. The average molecular weight is 562 g/mol. The molecule has 0 unspecified atom stereocenters. The minimum Gasteiger partial charge on any atom is -0.456 e. The molecule has 2 heterocycles. The van der Waals surface area contributed by atoms with Gasteiger partial charge in [0.15, 0.2) is 0 Å². The third-order valence-corrected chi connectivity index (χ3v) is 8.78. The molecule has 0 saturated heterocycles. The van der Waals surface area contributed by atoms with Crippen LogP contribution in [0.2, 0.25) is 0 Å². The first-order valence-electron chi connectivity index (χ1n) is 15.0. The van der Waals surface area contributed by atoms with Crippen molar-refractivity contribution in [3.05, 3.63) is 164 Å². The minimum atomic E-state index is 0.897. The van der Waals surface area contributed by atoms with Crippen molar-refractivity contribution < 1.29 is 4.42 Å². The molecule has 206 valence electrons. The monoisotopic (exact) mass is 561 g/mol. The first-order chi connectivity index (χ1) is 21.8. The van der Waals surface area contributed by atoms with E-state index in [4.69, 9.17) is 4.42 Å². The van der Waals surface area contributed by atoms with E-state index in [1.54, 1.807) is 0 Å². The van der Waals surface area contributed by atoms with E-state index in [0.717, 1.165) is 27.6 Å². The summed E-state index contributed by atoms with van der Waals surface area (Å²) in [7, 11) is 0. The van der Waals surface area contributed by atoms with Crippen LogP contribution in [0.15, 0.2) is 168 Å². The van der Waals surface area contributed by atoms with Crippen molar-refractivity contribution in [2.75, 3.05) is 0 Å². The van der Waals surface area contributed by atoms with Crippen molar-refractivity contribution in [1.29, 1.82) is 0 Å². The molecule has 2 aromatic heterocycles. The average Bonchev–Trinajstić information content (AvgIpc) is 3.64. The molecule has 0 saturated carbocycles. The number of furan rings is 1. The maximum absolute atomic E-state index is 6.31. The smallest absolute Gasteiger partial charge is 0.137 e. The Hall–Kier alpha value is -5.86. The van der Waals surface area contributed by atoms with Crippen molar-refractivity contribution in [2.24, 2.45) is 0 Å². The lowest BCUT2D eigenvalue weighted by molar-refractivity contribution is 0.669. The quantitative estimate of drug-likeness (QED) is 0.209. The zero-order chi connectivity index (χ0) is 29.0. The van der Waals surface area contributed by atoms with Gasteiger partial charge in [0.05, 0.1) is 22.1 Å². The van der Waals surface area contributed by atoms with Crippen LogP contribution < -0.4 is 0 Å². The largest absolute Gasteiger partial charge is 0.456 e. The van der Waals surface area contributed by atoms with Crippen LogP contribution in [0.3, 0.4) is 0 Å². The summed E-state index contributed by atoms with van der Waals surface area (Å²) >= 11 is 0. The first-order valence-corrected chi connectivity index (χ1v) is 15.0. The number of fused-ring (bicyclic) bond motifs is 6. The second-order valence-corrected chi connectivity index (χ2v) is 11.4. The van der Waals surface area contributed by atoms with Crippen molar-refractivity contribution in [2.45, 2.75) is 0 Å². The summed E-state index contributed by atoms with van der Waals surface area (Å²) in [5, 5.41) is 4.73. The number of rotatable bonds is 4. The Labute approximate surface area is 255 Å². The van der Waals surface area contributed by atoms with E-state index < -0.39 is 0 Å². The number of hydrogen-bond acceptors (Lipinski definition) is 1. The van der Waals surface area contributed by atoms with Gasteiger partial charge in [-0.05, 0) is 81.9 Å². The molecular formula is C42H27NO. The van der Waals surface area contributed by atoms with Gasteiger partial charge in [0, 0.05) is 16.2 Å². The fourth-order valence-corrected chi connectivity index (χ4v) is 6.74. The number of nitrogens with zero attached hydrogens (tertiary/aromatic N) is 1. The highest BCUT2D eigenvalue weighted by atomic mass is 16.3. The van der Waals surface area contributed by atoms with Crippen molar-refractivity contribution in [3.63, 3.8) is 0 Å². The van der Waals surface area contributed by atoms with E-state index in [1.165, 1.54) is 55.2 Å². The molecule has 2 nitrogen and oxygen atoms in total. The molecule has 0 amide bonds. The van der Waals surface area contributed by atoms with E-state index in [-0.39, 0.29) is 0 Å². The molecule has 2 heteroatoms. The fraction of sp³-hybridized carbons (Fsp3) is 0. The zero-order valence-electron chi connectivity index (χ0n) is 23.9. The predicted octanol–water partition coefficient (Wildman–Crippen LogP) is 11.7. The molecule has 0 N–H and O–H groups in total. The first kappa shape index (κ1) is 24.7. The zero-order valence-corrected chi connectivity index (χ0v) is 23.9. The predicted molar refractivity (Wildman–Crippen MR) is 184 cm³/mol. The molecule has 0 aliphatic rings. The van der Waals surface area contributed by atoms with Crippen LogP contribution in [-0.2, 0) is 0 Å². The van der Waals surface area contributed by atoms with Gasteiger partial charge in [-0.2, -0.15) is 0 Å². The van der Waals surface area contributed by atoms with E-state index >= 15 is 0 Å². The molecule has 0 atom stereocenters. The van der Waals surface area contributed by atoms with Gasteiger partial charge >= 0.3 is 0 Å². The van der Waals surface area contributed by atoms with Gasteiger partial charge < -0.3 is 8.98 Å². The van der Waals surface area contributed by atoms with Crippen LogP contribution >= 0.6 is 0 Å². The molecule has 0 bridgehead atoms. The highest BCUT2D eigenvalue weighted by molar-refractivity contribution is 6.14. The number of aromatic nitrogens is 1. The summed E-state index contributed by atoms with van der Waals surface area (Å²) in [6, 6.07) is 58.6. The summed E-state index contributed by atoms with van der Waals surface area (Å²) in [6.07, 6.45) is 0. The van der Waals surface area contributed by atoms with E-state index in [2.05, 4.69) is 156 Å². The summed E-state index contributed by atoms with van der Waals surface area (Å²) in [5.41, 5.74) is 12.5. The molecule has 0 aliphatic heterocycles. The van der Waals surface area contributed by atoms with Crippen LogP contribution in [0.1, 0.15) is 0 Å². The maximum atomic E-state index is 6.31. The molecule has 7 aromatic carbocycles. The van der Waals surface area contributed by atoms with Gasteiger partial charge in [-0.15, -0.1) is 0 Å². The molecule has 9 aromatic rings. The molecule has 0 fully saturated rings. The molecule has 44 heavy (non-hydrogen) atoms. The van der Waals surface area contributed by atoms with Crippen LogP contribution in [0.25, 0.3) is 82.8 Å². The Morgan fingerprint density at radius 3 is 1.64 bits per heavy atom. The van der Waals surface area contributed by atoms with E-state index in [0.29, 0.717) is 0 Å². The molecule has 0 aliphatic carbocycles. The Morgan fingerprint density at radius 2 is 0.909 bits per heavy atom. The third kappa shape index (κ3) is 3.89. The standard InChI is InChI=1S/C42H27NO/c1-3-12-28(13-4-1)31-24-32(29-14-5-2-6-15-29)26-33(25-31)30-22-23-35-34-16-7-9-18-37(34)43(39(35)27-30)38-19-11-21-41-42(38)36-17-8-10-20-40(36)44-41/h1-27H. The third-order valence-electron chi connectivity index (χ3n) is 8.78. The molecule has 0 spiro atoms. The second kappa shape index (κ2) is 9.86. The van der Waals surface area contributed by atoms with Crippen LogP contribution in [0.5, 0.6) is 0 Å². The summed E-state index contributed by atoms with van der Waals surface area (Å²) in [5.74, 6) is 0. The van der Waals surface area contributed by atoms with Crippen molar-refractivity contribution in [1.82, 2.24) is 4.57 Å². The van der Waals surface area contributed by atoms with Crippen LogP contribution in [0, 0.1) is 0 Å². The fourth-order valence-electron chi connectivity index (χ4n) is 6.74. The number of para-hydroxylation sites is 2. The van der Waals surface area contributed by atoms with Crippen LogP contribution in [-0.4, -0.2) is 4.57 Å². The Kier molecular flexibility index (Phi) is 5.54. The highest BCUT2D eigenvalue weighted by Crippen LogP contribution is 2.40.